The SMILES string of the molecule is Cc1cc(C(=O)N2CCOC(C)(C)C2)cc(NN)n1. The number of anilines is 1. The number of aryl methyl sites for hydroxylation is 1. The number of rotatable bonds is 2. The van der Waals surface area contributed by atoms with Gasteiger partial charge in [0.15, 0.2) is 0 Å². The number of morpholine rings is 1. The first kappa shape index (κ1) is 13.8. The Kier molecular flexibility index (Phi) is 3.73. The molecule has 1 saturated heterocycles. The fraction of sp³-hybridized carbons (Fsp3) is 0.538. The number of nitrogen functional groups attached to an aromatic ring is 1. The summed E-state index contributed by atoms with van der Waals surface area (Å²) in [5.74, 6) is 5.83. The number of carbonyl (C=O) groups excluding carboxylic acids is 1. The van der Waals surface area contributed by atoms with Crippen molar-refractivity contribution >= 4 is 11.7 Å². The van der Waals surface area contributed by atoms with Gasteiger partial charge in [0.2, 0.25) is 0 Å². The Hall–Kier alpha value is -1.66. The fourth-order valence-corrected chi connectivity index (χ4v) is 2.24. The quantitative estimate of drug-likeness (QED) is 0.613. The molecule has 2 heterocycles. The van der Waals surface area contributed by atoms with E-state index in [1.54, 1.807) is 17.0 Å². The molecule has 6 heteroatoms. The van der Waals surface area contributed by atoms with E-state index < -0.39 is 0 Å². The molecule has 0 atom stereocenters. The Morgan fingerprint density at radius 3 is 2.89 bits per heavy atom. The van der Waals surface area contributed by atoms with Gasteiger partial charge in [0, 0.05) is 24.3 Å². The molecule has 3 N–H and O–H groups in total. The van der Waals surface area contributed by atoms with Gasteiger partial charge in [0.1, 0.15) is 5.82 Å². The summed E-state index contributed by atoms with van der Waals surface area (Å²) in [4.78, 5) is 18.5. The molecule has 0 unspecified atom stereocenters. The van der Waals surface area contributed by atoms with Crippen molar-refractivity contribution in [1.29, 1.82) is 0 Å². The number of carbonyl (C=O) groups is 1. The van der Waals surface area contributed by atoms with Gasteiger partial charge in [0.25, 0.3) is 5.91 Å². The normalized spacial score (nSPS) is 18.2. The van der Waals surface area contributed by atoms with E-state index in [4.69, 9.17) is 10.6 Å². The lowest BCUT2D eigenvalue weighted by molar-refractivity contribution is -0.0764. The van der Waals surface area contributed by atoms with Crippen molar-refractivity contribution in [2.45, 2.75) is 26.4 Å². The maximum absolute atomic E-state index is 12.5. The minimum atomic E-state index is -0.301. The molecule has 0 radical (unpaired) electrons. The van der Waals surface area contributed by atoms with Crippen LogP contribution in [0.25, 0.3) is 0 Å². The monoisotopic (exact) mass is 264 g/mol. The lowest BCUT2D eigenvalue weighted by Gasteiger charge is -2.38. The van der Waals surface area contributed by atoms with Crippen molar-refractivity contribution < 1.29 is 9.53 Å². The van der Waals surface area contributed by atoms with Gasteiger partial charge in [-0.15, -0.1) is 0 Å². The first-order chi connectivity index (χ1) is 8.91. The number of pyridine rings is 1. The zero-order valence-corrected chi connectivity index (χ0v) is 11.6. The summed E-state index contributed by atoms with van der Waals surface area (Å²) >= 11 is 0. The summed E-state index contributed by atoms with van der Waals surface area (Å²) in [6, 6.07) is 3.43. The van der Waals surface area contributed by atoms with Crippen LogP contribution in [0, 0.1) is 6.92 Å². The van der Waals surface area contributed by atoms with Crippen LogP contribution in [0.15, 0.2) is 12.1 Å². The van der Waals surface area contributed by atoms with Gasteiger partial charge in [-0.2, -0.15) is 0 Å². The minimum absolute atomic E-state index is 0.0154. The van der Waals surface area contributed by atoms with Gasteiger partial charge in [0.05, 0.1) is 12.2 Å². The van der Waals surface area contributed by atoms with Crippen LogP contribution in [0.2, 0.25) is 0 Å². The second-order valence-corrected chi connectivity index (χ2v) is 5.36. The lowest BCUT2D eigenvalue weighted by Crippen LogP contribution is -2.50. The molecule has 0 aliphatic carbocycles. The van der Waals surface area contributed by atoms with Gasteiger partial charge in [-0.3, -0.25) is 4.79 Å². The molecule has 19 heavy (non-hydrogen) atoms. The summed E-state index contributed by atoms with van der Waals surface area (Å²) in [5.41, 5.74) is 3.53. The summed E-state index contributed by atoms with van der Waals surface area (Å²) in [7, 11) is 0. The highest BCUT2D eigenvalue weighted by atomic mass is 16.5. The molecule has 0 saturated carbocycles. The van der Waals surface area contributed by atoms with E-state index >= 15 is 0 Å². The minimum Gasteiger partial charge on any atom is -0.372 e. The molecular weight excluding hydrogens is 244 g/mol. The number of hydrogen-bond donors (Lipinski definition) is 2. The maximum Gasteiger partial charge on any atom is 0.254 e. The lowest BCUT2D eigenvalue weighted by atomic mass is 10.1. The maximum atomic E-state index is 12.5. The third-order valence-electron chi connectivity index (χ3n) is 3.06. The van der Waals surface area contributed by atoms with E-state index in [0.717, 1.165) is 5.69 Å². The standard InChI is InChI=1S/C13H20N4O2/c1-9-6-10(7-11(15-9)16-14)12(18)17-4-5-19-13(2,3)8-17/h6-7H,4-5,8,14H2,1-3H3,(H,15,16). The van der Waals surface area contributed by atoms with Crippen molar-refractivity contribution in [3.05, 3.63) is 23.4 Å². The van der Waals surface area contributed by atoms with Crippen LogP contribution in [0.1, 0.15) is 29.9 Å². The average molecular weight is 264 g/mol. The molecule has 1 fully saturated rings. The zero-order chi connectivity index (χ0) is 14.0. The van der Waals surface area contributed by atoms with Gasteiger partial charge < -0.3 is 15.1 Å². The molecule has 1 amide bonds. The number of nitrogens with one attached hydrogen (secondary N) is 1. The predicted molar refractivity (Wildman–Crippen MR) is 72.7 cm³/mol. The molecule has 0 aromatic carbocycles. The summed E-state index contributed by atoms with van der Waals surface area (Å²) < 4.78 is 5.61. The molecule has 1 aromatic rings. The first-order valence-corrected chi connectivity index (χ1v) is 6.30. The van der Waals surface area contributed by atoms with Crippen LogP contribution in [0.5, 0.6) is 0 Å². The molecule has 2 rings (SSSR count). The summed E-state index contributed by atoms with van der Waals surface area (Å²) in [5, 5.41) is 0. The van der Waals surface area contributed by atoms with Gasteiger partial charge >= 0.3 is 0 Å². The van der Waals surface area contributed by atoms with Crippen LogP contribution < -0.4 is 11.3 Å². The van der Waals surface area contributed by atoms with E-state index in [-0.39, 0.29) is 11.5 Å². The highest BCUT2D eigenvalue weighted by Crippen LogP contribution is 2.19. The largest absolute Gasteiger partial charge is 0.372 e. The van der Waals surface area contributed by atoms with Gasteiger partial charge in [-0.1, -0.05) is 0 Å². The van der Waals surface area contributed by atoms with Crippen LogP contribution in [0.3, 0.4) is 0 Å². The number of nitrogens with zero attached hydrogens (tertiary/aromatic N) is 2. The van der Waals surface area contributed by atoms with Crippen LogP contribution in [-0.2, 0) is 4.74 Å². The van der Waals surface area contributed by atoms with Gasteiger partial charge in [-0.25, -0.2) is 10.8 Å². The fourth-order valence-electron chi connectivity index (χ4n) is 2.24. The van der Waals surface area contributed by atoms with Crippen molar-refractivity contribution in [1.82, 2.24) is 9.88 Å². The summed E-state index contributed by atoms with van der Waals surface area (Å²) in [6.45, 7) is 7.55. The Bertz CT molecular complexity index is 488. The van der Waals surface area contributed by atoms with Crippen molar-refractivity contribution in [3.8, 4) is 0 Å². The van der Waals surface area contributed by atoms with Crippen molar-refractivity contribution in [3.63, 3.8) is 0 Å². The van der Waals surface area contributed by atoms with E-state index in [0.29, 0.717) is 31.1 Å². The molecule has 104 valence electrons. The molecule has 1 aliphatic heterocycles. The number of hydrogen-bond acceptors (Lipinski definition) is 5. The third-order valence-corrected chi connectivity index (χ3v) is 3.06. The molecule has 1 aromatic heterocycles. The van der Waals surface area contributed by atoms with E-state index in [1.807, 2.05) is 20.8 Å². The molecular formula is C13H20N4O2. The van der Waals surface area contributed by atoms with Crippen LogP contribution in [0.4, 0.5) is 5.82 Å². The topological polar surface area (TPSA) is 80.5 Å². The number of ether oxygens (including phenoxy) is 1. The highest BCUT2D eigenvalue weighted by molar-refractivity contribution is 5.95. The Morgan fingerprint density at radius 2 is 2.26 bits per heavy atom. The smallest absolute Gasteiger partial charge is 0.254 e. The molecule has 0 bridgehead atoms. The van der Waals surface area contributed by atoms with Crippen molar-refractivity contribution in [2.24, 2.45) is 5.84 Å². The second-order valence-electron chi connectivity index (χ2n) is 5.36. The average Bonchev–Trinajstić information content (AvgIpc) is 2.35. The number of nitrogens with two attached hydrogens (primary N) is 1. The van der Waals surface area contributed by atoms with Crippen LogP contribution in [-0.4, -0.2) is 41.1 Å². The highest BCUT2D eigenvalue weighted by Gasteiger charge is 2.30. The van der Waals surface area contributed by atoms with E-state index in [1.165, 1.54) is 0 Å². The molecule has 6 nitrogen and oxygen atoms in total. The Balaban J connectivity index is 2.21. The third kappa shape index (κ3) is 3.21. The number of amides is 1. The molecule has 1 aliphatic rings. The van der Waals surface area contributed by atoms with Gasteiger partial charge in [-0.05, 0) is 32.9 Å². The number of aromatic nitrogens is 1. The van der Waals surface area contributed by atoms with Crippen molar-refractivity contribution in [2.75, 3.05) is 25.1 Å². The predicted octanol–water partition coefficient (Wildman–Crippen LogP) is 0.927. The van der Waals surface area contributed by atoms with E-state index in [2.05, 4.69) is 10.4 Å². The molecule has 0 spiro atoms. The summed E-state index contributed by atoms with van der Waals surface area (Å²) in [6.07, 6.45) is 0. The first-order valence-electron chi connectivity index (χ1n) is 6.30. The number of hydrazine groups is 1. The van der Waals surface area contributed by atoms with E-state index in [9.17, 15) is 4.79 Å². The Morgan fingerprint density at radius 1 is 1.53 bits per heavy atom. The second kappa shape index (κ2) is 5.14. The van der Waals surface area contributed by atoms with Crippen LogP contribution >= 0.6 is 0 Å². The Labute approximate surface area is 112 Å². The zero-order valence-electron chi connectivity index (χ0n) is 11.6.